The zero-order valence-corrected chi connectivity index (χ0v) is 12.8. The van der Waals surface area contributed by atoms with E-state index < -0.39 is 15.9 Å². The fourth-order valence-corrected chi connectivity index (χ4v) is 3.12. The number of carbonyl (C=O) groups excluding carboxylic acids is 1. The summed E-state index contributed by atoms with van der Waals surface area (Å²) in [7, 11) is -3.96. The number of amides is 1. The van der Waals surface area contributed by atoms with Gasteiger partial charge in [0, 0.05) is 0 Å². The Balaban J connectivity index is 2.16. The first kappa shape index (κ1) is 15.3. The summed E-state index contributed by atoms with van der Waals surface area (Å²) in [6, 6.07) is 1.52. The zero-order valence-electron chi connectivity index (χ0n) is 12.0. The summed E-state index contributed by atoms with van der Waals surface area (Å²) in [6.07, 6.45) is 0. The van der Waals surface area contributed by atoms with Crippen molar-refractivity contribution >= 4 is 15.9 Å². The minimum Gasteiger partial charge on any atom is -0.466 e. The maximum absolute atomic E-state index is 12.1. The van der Waals surface area contributed by atoms with E-state index in [1.54, 1.807) is 13.8 Å². The summed E-state index contributed by atoms with van der Waals surface area (Å²) in [5, 5.41) is 3.56. The third-order valence-corrected chi connectivity index (χ3v) is 4.31. The molecule has 2 aromatic heterocycles. The lowest BCUT2D eigenvalue weighted by Gasteiger charge is -2.07. The van der Waals surface area contributed by atoms with Gasteiger partial charge in [-0.25, -0.2) is 8.42 Å². The predicted octanol–water partition coefficient (Wildman–Crippen LogP) is 1.12. The van der Waals surface area contributed by atoms with Gasteiger partial charge in [-0.15, -0.1) is 4.83 Å². The van der Waals surface area contributed by atoms with E-state index in [4.69, 9.17) is 8.94 Å². The fourth-order valence-electron chi connectivity index (χ4n) is 1.95. The van der Waals surface area contributed by atoms with Crippen LogP contribution < -0.4 is 10.3 Å². The number of carbonyl (C=O) groups is 1. The van der Waals surface area contributed by atoms with Crippen LogP contribution in [-0.4, -0.2) is 19.5 Å². The van der Waals surface area contributed by atoms with E-state index in [1.807, 2.05) is 4.83 Å². The predicted molar refractivity (Wildman–Crippen MR) is 71.9 cm³/mol. The molecule has 0 aliphatic rings. The van der Waals surface area contributed by atoms with Gasteiger partial charge in [-0.05, 0) is 33.8 Å². The number of hydrazine groups is 1. The number of furan rings is 1. The minimum absolute atomic E-state index is 0.0945. The summed E-state index contributed by atoms with van der Waals surface area (Å²) in [6.45, 7) is 6.28. The van der Waals surface area contributed by atoms with Gasteiger partial charge >= 0.3 is 0 Å². The molecule has 2 heterocycles. The van der Waals surface area contributed by atoms with E-state index >= 15 is 0 Å². The summed E-state index contributed by atoms with van der Waals surface area (Å²) in [5.41, 5.74) is 2.60. The number of nitrogens with one attached hydrogen (secondary N) is 2. The van der Waals surface area contributed by atoms with Crippen LogP contribution in [0.2, 0.25) is 0 Å². The molecule has 9 heteroatoms. The number of aromatic nitrogens is 1. The Kier molecular flexibility index (Phi) is 3.88. The van der Waals surface area contributed by atoms with Gasteiger partial charge in [-0.1, -0.05) is 5.16 Å². The smallest absolute Gasteiger partial charge is 0.269 e. The van der Waals surface area contributed by atoms with E-state index in [1.165, 1.54) is 19.9 Å². The molecule has 0 bridgehead atoms. The molecule has 21 heavy (non-hydrogen) atoms. The van der Waals surface area contributed by atoms with Crippen LogP contribution in [-0.2, 0) is 10.0 Å². The third kappa shape index (κ3) is 2.98. The topological polar surface area (TPSA) is 114 Å². The lowest BCUT2D eigenvalue weighted by atomic mass is 10.2. The van der Waals surface area contributed by atoms with Gasteiger partial charge < -0.3 is 8.94 Å². The quantitative estimate of drug-likeness (QED) is 0.818. The van der Waals surface area contributed by atoms with Crippen molar-refractivity contribution in [1.29, 1.82) is 0 Å². The highest BCUT2D eigenvalue weighted by Gasteiger charge is 2.25. The molecule has 2 N–H and O–H groups in total. The summed E-state index contributed by atoms with van der Waals surface area (Å²) in [5.74, 6) is 0.497. The summed E-state index contributed by atoms with van der Waals surface area (Å²) >= 11 is 0. The molecule has 1 amide bonds. The van der Waals surface area contributed by atoms with Crippen LogP contribution in [0, 0.1) is 27.7 Å². The number of rotatable bonds is 4. The Morgan fingerprint density at radius 1 is 1.19 bits per heavy atom. The molecule has 0 aliphatic heterocycles. The third-order valence-electron chi connectivity index (χ3n) is 2.82. The first-order valence-electron chi connectivity index (χ1n) is 6.04. The molecule has 8 nitrogen and oxygen atoms in total. The van der Waals surface area contributed by atoms with Crippen molar-refractivity contribution in [2.24, 2.45) is 0 Å². The molecular formula is C12H15N3O5S. The SMILES string of the molecule is Cc1cc(C(=O)NNS(=O)(=O)c2c(C)noc2C)c(C)o1. The molecule has 0 fully saturated rings. The number of hydrogen-bond donors (Lipinski definition) is 2. The van der Waals surface area contributed by atoms with E-state index in [0.717, 1.165) is 0 Å². The number of aryl methyl sites for hydroxylation is 4. The van der Waals surface area contributed by atoms with Crippen molar-refractivity contribution in [3.05, 3.63) is 34.6 Å². The average Bonchev–Trinajstić information content (AvgIpc) is 2.89. The van der Waals surface area contributed by atoms with E-state index in [9.17, 15) is 13.2 Å². The van der Waals surface area contributed by atoms with Gasteiger partial charge in [0.25, 0.3) is 15.9 Å². The molecule has 2 aromatic rings. The van der Waals surface area contributed by atoms with Crippen LogP contribution in [0.3, 0.4) is 0 Å². The standard InChI is InChI=1S/C12H15N3O5S/c1-6-5-10(8(3)19-6)12(16)13-15-21(17,18)11-7(2)14-20-9(11)4/h5,15H,1-4H3,(H,13,16). The van der Waals surface area contributed by atoms with Gasteiger partial charge in [0.1, 0.15) is 22.1 Å². The monoisotopic (exact) mass is 313 g/mol. The Morgan fingerprint density at radius 2 is 1.86 bits per heavy atom. The maximum atomic E-state index is 12.1. The number of nitrogens with zero attached hydrogens (tertiary/aromatic N) is 1. The molecule has 0 aliphatic carbocycles. The lowest BCUT2D eigenvalue weighted by Crippen LogP contribution is -2.41. The highest BCUT2D eigenvalue weighted by Crippen LogP contribution is 2.18. The maximum Gasteiger partial charge on any atom is 0.269 e. The van der Waals surface area contributed by atoms with Crippen molar-refractivity contribution in [3.8, 4) is 0 Å². The van der Waals surface area contributed by atoms with Crippen LogP contribution in [0.25, 0.3) is 0 Å². The second kappa shape index (κ2) is 5.34. The Bertz CT molecular complexity index is 768. The average molecular weight is 313 g/mol. The fraction of sp³-hybridized carbons (Fsp3) is 0.333. The largest absolute Gasteiger partial charge is 0.466 e. The molecular weight excluding hydrogens is 298 g/mol. The van der Waals surface area contributed by atoms with E-state index in [0.29, 0.717) is 11.5 Å². The van der Waals surface area contributed by atoms with Gasteiger partial charge in [0.2, 0.25) is 0 Å². The molecule has 0 atom stereocenters. The Morgan fingerprint density at radius 3 is 2.33 bits per heavy atom. The van der Waals surface area contributed by atoms with Crippen molar-refractivity contribution in [3.63, 3.8) is 0 Å². The second-order valence-electron chi connectivity index (χ2n) is 4.54. The first-order valence-corrected chi connectivity index (χ1v) is 7.52. The minimum atomic E-state index is -3.96. The molecule has 0 radical (unpaired) electrons. The molecule has 2 rings (SSSR count). The van der Waals surface area contributed by atoms with Crippen LogP contribution >= 0.6 is 0 Å². The Labute approximate surface area is 121 Å². The summed E-state index contributed by atoms with van der Waals surface area (Å²) < 4.78 is 34.2. The molecule has 0 saturated heterocycles. The van der Waals surface area contributed by atoms with Gasteiger partial charge in [-0.3, -0.25) is 10.2 Å². The highest BCUT2D eigenvalue weighted by molar-refractivity contribution is 7.89. The van der Waals surface area contributed by atoms with E-state index in [-0.39, 0.29) is 21.9 Å². The van der Waals surface area contributed by atoms with Gasteiger partial charge in [0.15, 0.2) is 5.76 Å². The van der Waals surface area contributed by atoms with Gasteiger partial charge in [0.05, 0.1) is 5.56 Å². The van der Waals surface area contributed by atoms with Crippen molar-refractivity contribution in [1.82, 2.24) is 15.4 Å². The van der Waals surface area contributed by atoms with Crippen molar-refractivity contribution in [2.75, 3.05) is 0 Å². The molecule has 0 spiro atoms. The van der Waals surface area contributed by atoms with Crippen LogP contribution in [0.4, 0.5) is 0 Å². The molecule has 0 aromatic carbocycles. The lowest BCUT2D eigenvalue weighted by molar-refractivity contribution is 0.0943. The number of hydrogen-bond acceptors (Lipinski definition) is 6. The van der Waals surface area contributed by atoms with Gasteiger partial charge in [-0.2, -0.15) is 0 Å². The van der Waals surface area contributed by atoms with Crippen molar-refractivity contribution in [2.45, 2.75) is 32.6 Å². The first-order chi connectivity index (χ1) is 9.72. The number of sulfonamides is 1. The van der Waals surface area contributed by atoms with E-state index in [2.05, 4.69) is 10.6 Å². The van der Waals surface area contributed by atoms with Crippen molar-refractivity contribution < 1.29 is 22.2 Å². The Hall–Kier alpha value is -2.13. The normalized spacial score (nSPS) is 11.6. The second-order valence-corrected chi connectivity index (χ2v) is 6.16. The highest BCUT2D eigenvalue weighted by atomic mass is 32.2. The zero-order chi connectivity index (χ0) is 15.8. The molecule has 0 saturated carbocycles. The van der Waals surface area contributed by atoms with Crippen LogP contribution in [0.15, 0.2) is 19.9 Å². The van der Waals surface area contributed by atoms with Crippen LogP contribution in [0.5, 0.6) is 0 Å². The molecule has 0 unspecified atom stereocenters. The summed E-state index contributed by atoms with van der Waals surface area (Å²) in [4.78, 5) is 13.8. The van der Waals surface area contributed by atoms with Crippen LogP contribution in [0.1, 0.15) is 33.3 Å². The molecule has 114 valence electrons.